The Hall–Kier alpha value is -2.18. The topological polar surface area (TPSA) is 77.6 Å². The van der Waals surface area contributed by atoms with Crippen LogP contribution >= 0.6 is 0 Å². The van der Waals surface area contributed by atoms with E-state index in [-0.39, 0.29) is 11.6 Å². The van der Waals surface area contributed by atoms with Crippen LogP contribution in [0.5, 0.6) is 0 Å². The third-order valence-corrected chi connectivity index (χ3v) is 2.87. The van der Waals surface area contributed by atoms with E-state index in [0.29, 0.717) is 12.4 Å². The molecule has 7 heteroatoms. The van der Waals surface area contributed by atoms with Crippen molar-refractivity contribution in [1.29, 1.82) is 0 Å². The summed E-state index contributed by atoms with van der Waals surface area (Å²) in [4.78, 5) is 16.2. The third-order valence-electron chi connectivity index (χ3n) is 2.87. The van der Waals surface area contributed by atoms with Crippen molar-refractivity contribution in [3.63, 3.8) is 0 Å². The maximum atomic E-state index is 12.1. The van der Waals surface area contributed by atoms with Crippen molar-refractivity contribution < 1.29 is 0 Å². The van der Waals surface area contributed by atoms with Crippen LogP contribution in [0.2, 0.25) is 0 Å². The molecule has 2 rings (SSSR count). The monoisotopic (exact) mass is 262 g/mol. The molecule has 0 aromatic carbocycles. The summed E-state index contributed by atoms with van der Waals surface area (Å²) < 4.78 is 3.46. The number of hydrogen-bond donors (Lipinski definition) is 1. The molecular formula is C12H18N6O. The van der Waals surface area contributed by atoms with Gasteiger partial charge in [0.2, 0.25) is 0 Å². The van der Waals surface area contributed by atoms with Gasteiger partial charge in [-0.1, -0.05) is 6.92 Å². The second-order valence-electron chi connectivity index (χ2n) is 4.44. The van der Waals surface area contributed by atoms with Crippen LogP contribution in [-0.4, -0.2) is 24.3 Å². The standard InChI is InChI=1S/C12H18N6O/c1-4-6-18-7-5-13-10(12(18)19)15-9(2)11-16-14-8-17(11)3/h5,7-9H,4,6H2,1-3H3,(H,13,15). The van der Waals surface area contributed by atoms with Crippen LogP contribution in [0.3, 0.4) is 0 Å². The van der Waals surface area contributed by atoms with Gasteiger partial charge in [0.1, 0.15) is 6.33 Å². The Balaban J connectivity index is 2.22. The first-order valence-electron chi connectivity index (χ1n) is 6.29. The molecule has 0 saturated carbocycles. The highest BCUT2D eigenvalue weighted by atomic mass is 16.1. The zero-order chi connectivity index (χ0) is 13.8. The molecule has 0 aliphatic heterocycles. The van der Waals surface area contributed by atoms with E-state index in [1.165, 1.54) is 0 Å². The Morgan fingerprint density at radius 1 is 1.47 bits per heavy atom. The minimum absolute atomic E-state index is 0.113. The summed E-state index contributed by atoms with van der Waals surface area (Å²) in [5.41, 5.74) is -0.113. The van der Waals surface area contributed by atoms with Crippen LogP contribution in [-0.2, 0) is 13.6 Å². The zero-order valence-corrected chi connectivity index (χ0v) is 11.4. The van der Waals surface area contributed by atoms with Crippen molar-refractivity contribution >= 4 is 5.82 Å². The van der Waals surface area contributed by atoms with Crippen LogP contribution < -0.4 is 10.9 Å². The van der Waals surface area contributed by atoms with Crippen LogP contribution in [0.4, 0.5) is 5.82 Å². The summed E-state index contributed by atoms with van der Waals surface area (Å²) in [6, 6.07) is -0.134. The van der Waals surface area contributed by atoms with E-state index in [1.807, 2.05) is 25.5 Å². The smallest absolute Gasteiger partial charge is 0.293 e. The molecule has 2 aromatic heterocycles. The van der Waals surface area contributed by atoms with Gasteiger partial charge in [0.15, 0.2) is 11.6 Å². The van der Waals surface area contributed by atoms with Gasteiger partial charge in [0.25, 0.3) is 5.56 Å². The molecular weight excluding hydrogens is 244 g/mol. The molecule has 0 aliphatic carbocycles. The van der Waals surface area contributed by atoms with Crippen molar-refractivity contribution in [3.8, 4) is 0 Å². The Labute approximate surface area is 111 Å². The van der Waals surface area contributed by atoms with Gasteiger partial charge in [-0.2, -0.15) is 0 Å². The number of anilines is 1. The predicted octanol–water partition coefficient (Wildman–Crippen LogP) is 0.955. The molecule has 102 valence electrons. The molecule has 0 aliphatic rings. The molecule has 7 nitrogen and oxygen atoms in total. The van der Waals surface area contributed by atoms with Gasteiger partial charge in [-0.15, -0.1) is 10.2 Å². The van der Waals surface area contributed by atoms with Crippen molar-refractivity contribution in [2.24, 2.45) is 7.05 Å². The highest BCUT2D eigenvalue weighted by molar-refractivity contribution is 5.33. The number of rotatable bonds is 5. The number of nitrogens with zero attached hydrogens (tertiary/aromatic N) is 5. The molecule has 1 atom stereocenters. The highest BCUT2D eigenvalue weighted by Crippen LogP contribution is 2.12. The predicted molar refractivity (Wildman–Crippen MR) is 71.8 cm³/mol. The SMILES string of the molecule is CCCn1ccnc(NC(C)c2nncn2C)c1=O. The van der Waals surface area contributed by atoms with Gasteiger partial charge in [0.05, 0.1) is 6.04 Å². The first kappa shape index (κ1) is 13.3. The van der Waals surface area contributed by atoms with Gasteiger partial charge < -0.3 is 14.5 Å². The number of hydrogen-bond acceptors (Lipinski definition) is 5. The fourth-order valence-electron chi connectivity index (χ4n) is 1.92. The van der Waals surface area contributed by atoms with Gasteiger partial charge in [-0.3, -0.25) is 4.79 Å². The third kappa shape index (κ3) is 2.81. The largest absolute Gasteiger partial charge is 0.356 e. The molecule has 1 N–H and O–H groups in total. The van der Waals surface area contributed by atoms with Crippen molar-refractivity contribution in [2.75, 3.05) is 5.32 Å². The quantitative estimate of drug-likeness (QED) is 0.868. The van der Waals surface area contributed by atoms with E-state index in [0.717, 1.165) is 12.2 Å². The fourth-order valence-corrected chi connectivity index (χ4v) is 1.92. The van der Waals surface area contributed by atoms with E-state index in [2.05, 4.69) is 20.5 Å². The van der Waals surface area contributed by atoms with E-state index in [9.17, 15) is 4.79 Å². The first-order valence-corrected chi connectivity index (χ1v) is 6.29. The van der Waals surface area contributed by atoms with E-state index in [4.69, 9.17) is 0 Å². The number of nitrogens with one attached hydrogen (secondary N) is 1. The average molecular weight is 262 g/mol. The van der Waals surface area contributed by atoms with Crippen molar-refractivity contribution in [3.05, 3.63) is 34.9 Å². The van der Waals surface area contributed by atoms with Crippen LogP contribution in [0.1, 0.15) is 32.1 Å². The summed E-state index contributed by atoms with van der Waals surface area (Å²) in [6.45, 7) is 4.64. The van der Waals surface area contributed by atoms with E-state index < -0.39 is 0 Å². The lowest BCUT2D eigenvalue weighted by atomic mass is 10.3. The maximum Gasteiger partial charge on any atom is 0.293 e. The van der Waals surface area contributed by atoms with E-state index >= 15 is 0 Å². The Morgan fingerprint density at radius 3 is 2.89 bits per heavy atom. The molecule has 0 fully saturated rings. The number of aryl methyl sites for hydroxylation is 2. The Kier molecular flexibility index (Phi) is 3.94. The second-order valence-corrected chi connectivity index (χ2v) is 4.44. The molecule has 2 aromatic rings. The van der Waals surface area contributed by atoms with E-state index in [1.54, 1.807) is 23.3 Å². The number of aromatic nitrogens is 5. The summed E-state index contributed by atoms with van der Waals surface area (Å²) >= 11 is 0. The summed E-state index contributed by atoms with van der Waals surface area (Å²) in [6.07, 6.45) is 5.86. The lowest BCUT2D eigenvalue weighted by molar-refractivity contribution is 0.644. The molecule has 0 amide bonds. The minimum Gasteiger partial charge on any atom is -0.356 e. The van der Waals surface area contributed by atoms with Gasteiger partial charge >= 0.3 is 0 Å². The second kappa shape index (κ2) is 5.64. The lowest BCUT2D eigenvalue weighted by Gasteiger charge is -2.14. The summed E-state index contributed by atoms with van der Waals surface area (Å²) in [5, 5.41) is 10.9. The normalized spacial score (nSPS) is 12.4. The average Bonchev–Trinajstić information content (AvgIpc) is 2.81. The summed E-state index contributed by atoms with van der Waals surface area (Å²) in [7, 11) is 1.86. The first-order chi connectivity index (χ1) is 9.13. The molecule has 1 unspecified atom stereocenters. The molecule has 19 heavy (non-hydrogen) atoms. The fraction of sp³-hybridized carbons (Fsp3) is 0.500. The van der Waals surface area contributed by atoms with Gasteiger partial charge in [-0.25, -0.2) is 4.98 Å². The zero-order valence-electron chi connectivity index (χ0n) is 11.4. The minimum atomic E-state index is -0.134. The molecule has 2 heterocycles. The van der Waals surface area contributed by atoms with Gasteiger partial charge in [0, 0.05) is 26.0 Å². The van der Waals surface area contributed by atoms with Crippen LogP contribution in [0.15, 0.2) is 23.5 Å². The highest BCUT2D eigenvalue weighted by Gasteiger charge is 2.14. The molecule has 0 spiro atoms. The maximum absolute atomic E-state index is 12.1. The Morgan fingerprint density at radius 2 is 2.26 bits per heavy atom. The molecule has 0 radical (unpaired) electrons. The molecule has 0 saturated heterocycles. The lowest BCUT2D eigenvalue weighted by Crippen LogP contribution is -2.26. The molecule has 0 bridgehead atoms. The van der Waals surface area contributed by atoms with Crippen LogP contribution in [0, 0.1) is 0 Å². The van der Waals surface area contributed by atoms with Crippen LogP contribution in [0.25, 0.3) is 0 Å². The van der Waals surface area contributed by atoms with Crippen molar-refractivity contribution in [2.45, 2.75) is 32.9 Å². The van der Waals surface area contributed by atoms with Crippen molar-refractivity contribution in [1.82, 2.24) is 24.3 Å². The van der Waals surface area contributed by atoms with Gasteiger partial charge in [-0.05, 0) is 13.3 Å². The Bertz CT molecular complexity index is 602. The summed E-state index contributed by atoms with van der Waals surface area (Å²) in [5.74, 6) is 1.10.